The predicted octanol–water partition coefficient (Wildman–Crippen LogP) is 3.10. The molecule has 76 valence electrons. The van der Waals surface area contributed by atoms with Crippen LogP contribution in [0.4, 0.5) is 0 Å². The van der Waals surface area contributed by atoms with Crippen LogP contribution in [-0.4, -0.2) is 11.1 Å². The molecule has 0 radical (unpaired) electrons. The summed E-state index contributed by atoms with van der Waals surface area (Å²) < 4.78 is 0. The van der Waals surface area contributed by atoms with Gasteiger partial charge in [0.05, 0.1) is 5.56 Å². The highest BCUT2D eigenvalue weighted by Crippen LogP contribution is 2.20. The topological polar surface area (TPSA) is 37.3 Å². The Morgan fingerprint density at radius 3 is 2.33 bits per heavy atom. The third kappa shape index (κ3) is 1.71. The molecule has 0 saturated carbocycles. The van der Waals surface area contributed by atoms with Crippen LogP contribution in [0.5, 0.6) is 0 Å². The van der Waals surface area contributed by atoms with Crippen molar-refractivity contribution in [3.8, 4) is 0 Å². The summed E-state index contributed by atoms with van der Waals surface area (Å²) in [6, 6.07) is 11.5. The normalized spacial score (nSPS) is 10.5. The average Bonchev–Trinajstić information content (AvgIpc) is 2.27. The van der Waals surface area contributed by atoms with Gasteiger partial charge in [-0.1, -0.05) is 37.3 Å². The fourth-order valence-corrected chi connectivity index (χ4v) is 1.78. The van der Waals surface area contributed by atoms with Gasteiger partial charge in [0.15, 0.2) is 0 Å². The number of hydrogen-bond donors (Lipinski definition) is 1. The second-order valence-corrected chi connectivity index (χ2v) is 3.52. The van der Waals surface area contributed by atoms with Crippen molar-refractivity contribution in [1.82, 2.24) is 0 Å². The molecule has 15 heavy (non-hydrogen) atoms. The van der Waals surface area contributed by atoms with Crippen LogP contribution >= 0.6 is 0 Å². The van der Waals surface area contributed by atoms with E-state index in [0.29, 0.717) is 5.56 Å². The summed E-state index contributed by atoms with van der Waals surface area (Å²) in [5, 5.41) is 11.1. The zero-order valence-corrected chi connectivity index (χ0v) is 8.53. The van der Waals surface area contributed by atoms with Gasteiger partial charge in [-0.3, -0.25) is 0 Å². The van der Waals surface area contributed by atoms with Crippen LogP contribution in [0.15, 0.2) is 36.4 Å². The highest BCUT2D eigenvalue weighted by molar-refractivity contribution is 5.96. The van der Waals surface area contributed by atoms with Crippen LogP contribution in [0, 0.1) is 0 Å². The second-order valence-electron chi connectivity index (χ2n) is 3.52. The van der Waals surface area contributed by atoms with Crippen LogP contribution in [0.1, 0.15) is 22.8 Å². The van der Waals surface area contributed by atoms with Crippen molar-refractivity contribution in [2.24, 2.45) is 0 Å². The molecule has 0 aliphatic carbocycles. The maximum absolute atomic E-state index is 11.0. The molecule has 2 nitrogen and oxygen atoms in total. The number of rotatable bonds is 2. The molecule has 2 aromatic carbocycles. The van der Waals surface area contributed by atoms with Crippen LogP contribution in [0.3, 0.4) is 0 Å². The second kappa shape index (κ2) is 3.73. The molecule has 0 saturated heterocycles. The number of aryl methyl sites for hydroxylation is 1. The van der Waals surface area contributed by atoms with Gasteiger partial charge < -0.3 is 5.11 Å². The van der Waals surface area contributed by atoms with E-state index in [1.165, 1.54) is 0 Å². The summed E-state index contributed by atoms with van der Waals surface area (Å²) in [4.78, 5) is 11.0. The highest BCUT2D eigenvalue weighted by Gasteiger charge is 2.09. The van der Waals surface area contributed by atoms with Crippen LogP contribution in [0.2, 0.25) is 0 Å². The first-order valence-corrected chi connectivity index (χ1v) is 4.97. The standard InChI is InChI=1S/C13H12O2/c1-2-9-7-10-5-3-4-6-11(10)8-12(9)13(14)15/h3-8H,2H2,1H3,(H,14,15). The lowest BCUT2D eigenvalue weighted by atomic mass is 9.99. The zero-order valence-electron chi connectivity index (χ0n) is 8.53. The highest BCUT2D eigenvalue weighted by atomic mass is 16.4. The van der Waals surface area contributed by atoms with Crippen LogP contribution in [-0.2, 0) is 6.42 Å². The molecule has 0 aromatic heterocycles. The smallest absolute Gasteiger partial charge is 0.335 e. The van der Waals surface area contributed by atoms with Crippen molar-refractivity contribution in [2.75, 3.05) is 0 Å². The SMILES string of the molecule is CCc1cc2ccccc2cc1C(=O)O. The summed E-state index contributed by atoms with van der Waals surface area (Å²) in [6.45, 7) is 1.97. The van der Waals surface area contributed by atoms with E-state index in [0.717, 1.165) is 22.8 Å². The molecule has 0 unspecified atom stereocenters. The Morgan fingerprint density at radius 2 is 1.80 bits per heavy atom. The van der Waals surface area contributed by atoms with Crippen molar-refractivity contribution in [2.45, 2.75) is 13.3 Å². The summed E-state index contributed by atoms with van der Waals surface area (Å²) in [5.41, 5.74) is 1.30. The summed E-state index contributed by atoms with van der Waals surface area (Å²) in [7, 11) is 0. The van der Waals surface area contributed by atoms with E-state index in [-0.39, 0.29) is 0 Å². The Morgan fingerprint density at radius 1 is 1.20 bits per heavy atom. The van der Waals surface area contributed by atoms with Crippen molar-refractivity contribution < 1.29 is 9.90 Å². The fourth-order valence-electron chi connectivity index (χ4n) is 1.78. The van der Waals surface area contributed by atoms with Crippen LogP contribution in [0.25, 0.3) is 10.8 Å². The number of fused-ring (bicyclic) bond motifs is 1. The summed E-state index contributed by atoms with van der Waals surface area (Å²) in [5.74, 6) is -0.849. The van der Waals surface area contributed by atoms with Crippen LogP contribution < -0.4 is 0 Å². The molecule has 0 atom stereocenters. The number of carbonyl (C=O) groups is 1. The Bertz CT molecular complexity index is 515. The van der Waals surface area contributed by atoms with Crippen molar-refractivity contribution >= 4 is 16.7 Å². The summed E-state index contributed by atoms with van der Waals surface area (Å²) in [6.07, 6.45) is 0.743. The molecule has 2 aromatic rings. The predicted molar refractivity (Wildman–Crippen MR) is 60.3 cm³/mol. The number of hydrogen-bond acceptors (Lipinski definition) is 1. The molecular weight excluding hydrogens is 188 g/mol. The van der Waals surface area contributed by atoms with E-state index >= 15 is 0 Å². The Hall–Kier alpha value is -1.83. The molecule has 0 bridgehead atoms. The maximum Gasteiger partial charge on any atom is 0.335 e. The maximum atomic E-state index is 11.0. The van der Waals surface area contributed by atoms with Gasteiger partial charge in [0.25, 0.3) is 0 Å². The first kappa shape index (κ1) is 9.71. The number of carboxylic acid groups (broad SMARTS) is 1. The third-order valence-electron chi connectivity index (χ3n) is 2.58. The van der Waals surface area contributed by atoms with E-state index in [4.69, 9.17) is 5.11 Å². The lowest BCUT2D eigenvalue weighted by Gasteiger charge is -2.06. The Balaban J connectivity index is 2.74. The number of benzene rings is 2. The number of aromatic carboxylic acids is 1. The lowest BCUT2D eigenvalue weighted by Crippen LogP contribution is -2.01. The minimum Gasteiger partial charge on any atom is -0.478 e. The molecule has 0 spiro atoms. The third-order valence-corrected chi connectivity index (χ3v) is 2.58. The first-order valence-electron chi connectivity index (χ1n) is 4.97. The molecule has 0 heterocycles. The molecule has 0 amide bonds. The first-order chi connectivity index (χ1) is 7.22. The Kier molecular flexibility index (Phi) is 2.42. The van der Waals surface area contributed by atoms with Crippen molar-refractivity contribution in [3.63, 3.8) is 0 Å². The monoisotopic (exact) mass is 200 g/mol. The lowest BCUT2D eigenvalue weighted by molar-refractivity contribution is 0.0696. The zero-order chi connectivity index (χ0) is 10.8. The quantitative estimate of drug-likeness (QED) is 0.808. The molecule has 0 aliphatic rings. The van der Waals surface area contributed by atoms with Gasteiger partial charge in [0.1, 0.15) is 0 Å². The molecular formula is C13H12O2. The van der Waals surface area contributed by atoms with Gasteiger partial charge in [-0.25, -0.2) is 4.79 Å². The van der Waals surface area contributed by atoms with Crippen molar-refractivity contribution in [1.29, 1.82) is 0 Å². The van der Waals surface area contributed by atoms with E-state index in [1.54, 1.807) is 6.07 Å². The van der Waals surface area contributed by atoms with E-state index < -0.39 is 5.97 Å². The Labute approximate surface area is 88.2 Å². The number of carboxylic acids is 1. The molecule has 0 fully saturated rings. The van der Waals surface area contributed by atoms with Gasteiger partial charge in [-0.05, 0) is 28.8 Å². The fraction of sp³-hybridized carbons (Fsp3) is 0.154. The molecule has 1 N–H and O–H groups in total. The molecule has 2 heteroatoms. The van der Waals surface area contributed by atoms with Gasteiger partial charge in [-0.15, -0.1) is 0 Å². The minimum absolute atomic E-state index is 0.413. The van der Waals surface area contributed by atoms with E-state index in [9.17, 15) is 4.79 Å². The van der Waals surface area contributed by atoms with Gasteiger partial charge in [0, 0.05) is 0 Å². The van der Waals surface area contributed by atoms with E-state index in [1.807, 2.05) is 37.3 Å². The largest absolute Gasteiger partial charge is 0.478 e. The van der Waals surface area contributed by atoms with Gasteiger partial charge in [-0.2, -0.15) is 0 Å². The minimum atomic E-state index is -0.849. The van der Waals surface area contributed by atoms with Gasteiger partial charge >= 0.3 is 5.97 Å². The van der Waals surface area contributed by atoms with Crippen molar-refractivity contribution in [3.05, 3.63) is 47.5 Å². The molecule has 2 rings (SSSR count). The van der Waals surface area contributed by atoms with Gasteiger partial charge in [0.2, 0.25) is 0 Å². The van der Waals surface area contributed by atoms with E-state index in [2.05, 4.69) is 0 Å². The molecule has 0 aliphatic heterocycles. The summed E-state index contributed by atoms with van der Waals surface area (Å²) >= 11 is 0. The average molecular weight is 200 g/mol.